The number of hydrogen-bond acceptors (Lipinski definition) is 2. The maximum absolute atomic E-state index is 10.4. The highest BCUT2D eigenvalue weighted by atomic mass is 32.2. The molecule has 0 aliphatic heterocycles. The van der Waals surface area contributed by atoms with Gasteiger partial charge in [0.15, 0.2) is 0 Å². The summed E-state index contributed by atoms with van der Waals surface area (Å²) in [5, 5.41) is 0. The molecular formula is C15H32O3S. The van der Waals surface area contributed by atoms with Crippen LogP contribution in [0.5, 0.6) is 0 Å². The minimum absolute atomic E-state index is 0.107. The van der Waals surface area contributed by atoms with Gasteiger partial charge in [0.25, 0.3) is 0 Å². The van der Waals surface area contributed by atoms with Crippen LogP contribution in [0.25, 0.3) is 0 Å². The molecule has 19 heavy (non-hydrogen) atoms. The molecule has 0 aromatic carbocycles. The van der Waals surface area contributed by atoms with Gasteiger partial charge in [-0.3, -0.25) is 8.74 Å². The van der Waals surface area contributed by atoms with Gasteiger partial charge in [0, 0.05) is 0 Å². The molecule has 0 radical (unpaired) electrons. The second-order valence-corrected chi connectivity index (χ2v) is 6.07. The smallest absolute Gasteiger partial charge is 0.284 e. The Hall–Kier alpha value is 0.0700. The molecule has 0 aromatic heterocycles. The first-order chi connectivity index (χ1) is 9.16. The number of hydrogen-bond donors (Lipinski definition) is 1. The summed E-state index contributed by atoms with van der Waals surface area (Å²) in [5.41, 5.74) is 0. The lowest BCUT2D eigenvalue weighted by atomic mass is 10.0. The van der Waals surface area contributed by atoms with Crippen LogP contribution in [0.1, 0.15) is 90.9 Å². The van der Waals surface area contributed by atoms with Crippen molar-refractivity contribution in [1.29, 1.82) is 0 Å². The molecule has 2 unspecified atom stereocenters. The van der Waals surface area contributed by atoms with Crippen molar-refractivity contribution in [3.8, 4) is 0 Å². The lowest BCUT2D eigenvalue weighted by molar-refractivity contribution is 0.208. The minimum atomic E-state index is -2.11. The van der Waals surface area contributed by atoms with Crippen LogP contribution in [0, 0.1) is 0 Å². The van der Waals surface area contributed by atoms with Gasteiger partial charge < -0.3 is 0 Å². The maximum Gasteiger partial charge on any atom is 0.302 e. The predicted octanol–water partition coefficient (Wildman–Crippen LogP) is 5.23. The molecular weight excluding hydrogens is 260 g/mol. The first-order valence-electron chi connectivity index (χ1n) is 7.94. The molecule has 1 N–H and O–H groups in total. The maximum atomic E-state index is 10.4. The van der Waals surface area contributed by atoms with E-state index in [9.17, 15) is 4.21 Å². The first kappa shape index (κ1) is 19.1. The van der Waals surface area contributed by atoms with Gasteiger partial charge >= 0.3 is 11.4 Å². The average molecular weight is 292 g/mol. The molecule has 0 spiro atoms. The number of rotatable bonds is 14. The lowest BCUT2D eigenvalue weighted by Gasteiger charge is -2.08. The van der Waals surface area contributed by atoms with E-state index in [1.165, 1.54) is 64.2 Å². The molecule has 4 heteroatoms. The standard InChI is InChI=1S/C15H32O3S/c1-3-4-5-6-7-8-9-10-11-12-13-14-15(2)18-19(16)17/h15H,3-14H2,1-2H3,(H,16,17). The Kier molecular flexibility index (Phi) is 14.5. The highest BCUT2D eigenvalue weighted by Gasteiger charge is 2.05. The van der Waals surface area contributed by atoms with E-state index in [0.29, 0.717) is 0 Å². The minimum Gasteiger partial charge on any atom is -0.284 e. The molecule has 0 heterocycles. The molecule has 0 aliphatic rings. The van der Waals surface area contributed by atoms with Gasteiger partial charge in [0.2, 0.25) is 0 Å². The van der Waals surface area contributed by atoms with Gasteiger partial charge in [-0.05, 0) is 13.3 Å². The van der Waals surface area contributed by atoms with E-state index in [1.54, 1.807) is 0 Å². The first-order valence-corrected chi connectivity index (χ1v) is 8.98. The third-order valence-electron chi connectivity index (χ3n) is 3.46. The molecule has 0 bridgehead atoms. The van der Waals surface area contributed by atoms with Gasteiger partial charge in [-0.15, -0.1) is 0 Å². The van der Waals surface area contributed by atoms with Crippen molar-refractivity contribution in [3.05, 3.63) is 0 Å². The van der Waals surface area contributed by atoms with E-state index in [1.807, 2.05) is 6.92 Å². The number of unbranched alkanes of at least 4 members (excludes halogenated alkanes) is 10. The molecule has 0 aliphatic carbocycles. The fourth-order valence-corrected chi connectivity index (χ4v) is 2.66. The molecule has 0 amide bonds. The van der Waals surface area contributed by atoms with Gasteiger partial charge in [-0.25, -0.2) is 0 Å². The molecule has 3 nitrogen and oxygen atoms in total. The fraction of sp³-hybridized carbons (Fsp3) is 1.00. The molecule has 2 atom stereocenters. The summed E-state index contributed by atoms with van der Waals surface area (Å²) in [4.78, 5) is 0. The van der Waals surface area contributed by atoms with Crippen LogP contribution in [-0.2, 0) is 15.5 Å². The van der Waals surface area contributed by atoms with Crippen LogP contribution in [0.4, 0.5) is 0 Å². The summed E-state index contributed by atoms with van der Waals surface area (Å²) in [5.74, 6) is 0. The second kappa shape index (κ2) is 14.5. The molecule has 0 rings (SSSR count). The Morgan fingerprint density at radius 3 is 1.74 bits per heavy atom. The molecule has 116 valence electrons. The Morgan fingerprint density at radius 2 is 1.32 bits per heavy atom. The van der Waals surface area contributed by atoms with Gasteiger partial charge in [0.05, 0.1) is 6.10 Å². The topological polar surface area (TPSA) is 46.5 Å². The van der Waals surface area contributed by atoms with E-state index >= 15 is 0 Å². The van der Waals surface area contributed by atoms with Crippen molar-refractivity contribution in [2.24, 2.45) is 0 Å². The van der Waals surface area contributed by atoms with E-state index in [0.717, 1.165) is 12.8 Å². The third-order valence-corrected chi connectivity index (χ3v) is 3.95. The zero-order chi connectivity index (χ0) is 14.3. The highest BCUT2D eigenvalue weighted by Crippen LogP contribution is 2.13. The van der Waals surface area contributed by atoms with Crippen molar-refractivity contribution in [3.63, 3.8) is 0 Å². The van der Waals surface area contributed by atoms with Crippen molar-refractivity contribution in [2.75, 3.05) is 0 Å². The monoisotopic (exact) mass is 292 g/mol. The van der Waals surface area contributed by atoms with E-state index in [4.69, 9.17) is 8.74 Å². The predicted molar refractivity (Wildman–Crippen MR) is 82.4 cm³/mol. The normalized spacial score (nSPS) is 14.5. The molecule has 0 saturated carbocycles. The van der Waals surface area contributed by atoms with Crippen molar-refractivity contribution < 1.29 is 12.9 Å². The van der Waals surface area contributed by atoms with Crippen molar-refractivity contribution >= 4 is 11.4 Å². The van der Waals surface area contributed by atoms with Crippen LogP contribution in [-0.4, -0.2) is 14.9 Å². The zero-order valence-electron chi connectivity index (χ0n) is 12.7. The SMILES string of the molecule is CCCCCCCCCCCCCC(C)OS(=O)O. The van der Waals surface area contributed by atoms with Crippen LogP contribution in [0.3, 0.4) is 0 Å². The molecule has 0 aromatic rings. The Morgan fingerprint density at radius 1 is 0.895 bits per heavy atom. The lowest BCUT2D eigenvalue weighted by Crippen LogP contribution is -2.09. The molecule has 0 fully saturated rings. The zero-order valence-corrected chi connectivity index (χ0v) is 13.6. The Labute approximate surface area is 122 Å². The van der Waals surface area contributed by atoms with Crippen molar-refractivity contribution in [1.82, 2.24) is 0 Å². The summed E-state index contributed by atoms with van der Waals surface area (Å²) >= 11 is -2.11. The molecule has 0 saturated heterocycles. The fourth-order valence-electron chi connectivity index (χ4n) is 2.28. The second-order valence-electron chi connectivity index (χ2n) is 5.45. The van der Waals surface area contributed by atoms with Gasteiger partial charge in [-0.2, -0.15) is 4.21 Å². The summed E-state index contributed by atoms with van der Waals surface area (Å²) in [6, 6.07) is 0. The van der Waals surface area contributed by atoms with E-state index in [2.05, 4.69) is 6.92 Å². The van der Waals surface area contributed by atoms with Gasteiger partial charge in [0.1, 0.15) is 0 Å². The summed E-state index contributed by atoms with van der Waals surface area (Å²) in [7, 11) is 0. The third kappa shape index (κ3) is 16.0. The van der Waals surface area contributed by atoms with Crippen LogP contribution in [0.15, 0.2) is 0 Å². The average Bonchev–Trinajstić information content (AvgIpc) is 2.35. The highest BCUT2D eigenvalue weighted by molar-refractivity contribution is 7.74. The van der Waals surface area contributed by atoms with E-state index < -0.39 is 11.4 Å². The quantitative estimate of drug-likeness (QED) is 0.352. The van der Waals surface area contributed by atoms with E-state index in [-0.39, 0.29) is 6.10 Å². The Balaban J connectivity index is 3.08. The summed E-state index contributed by atoms with van der Waals surface area (Å²) in [6.07, 6.45) is 15.3. The summed E-state index contributed by atoms with van der Waals surface area (Å²) in [6.45, 7) is 4.11. The van der Waals surface area contributed by atoms with Crippen LogP contribution in [0.2, 0.25) is 0 Å². The van der Waals surface area contributed by atoms with Crippen LogP contribution >= 0.6 is 0 Å². The Bertz CT molecular complexity index is 210. The van der Waals surface area contributed by atoms with Gasteiger partial charge in [-0.1, -0.05) is 77.6 Å². The van der Waals surface area contributed by atoms with Crippen LogP contribution < -0.4 is 0 Å². The van der Waals surface area contributed by atoms with Crippen molar-refractivity contribution in [2.45, 2.75) is 97.0 Å². The summed E-state index contributed by atoms with van der Waals surface area (Å²) < 4.78 is 23.7. The largest absolute Gasteiger partial charge is 0.302 e.